The van der Waals surface area contributed by atoms with E-state index in [1.165, 1.54) is 5.56 Å². The molecule has 0 unspecified atom stereocenters. The van der Waals surface area contributed by atoms with Crippen LogP contribution in [0, 0.1) is 0 Å². The van der Waals surface area contributed by atoms with Crippen LogP contribution in [0.4, 0.5) is 4.79 Å². The van der Waals surface area contributed by atoms with Crippen LogP contribution < -0.4 is 10.5 Å². The van der Waals surface area contributed by atoms with Crippen LogP contribution in [0.2, 0.25) is 0 Å². The predicted octanol–water partition coefficient (Wildman–Crippen LogP) is 1.26. The molecule has 4 heteroatoms. The maximum atomic E-state index is 10.4. The molecule has 1 aliphatic heterocycles. The van der Waals surface area contributed by atoms with E-state index in [1.807, 2.05) is 12.1 Å². The Morgan fingerprint density at radius 3 is 3.20 bits per heavy atom. The minimum atomic E-state index is -0.723. The van der Waals surface area contributed by atoms with Gasteiger partial charge in [-0.2, -0.15) is 0 Å². The summed E-state index contributed by atoms with van der Waals surface area (Å²) >= 11 is 0. The van der Waals surface area contributed by atoms with Gasteiger partial charge in [-0.3, -0.25) is 0 Å². The molecule has 4 nitrogen and oxygen atoms in total. The highest BCUT2D eigenvalue weighted by Crippen LogP contribution is 2.25. The lowest BCUT2D eigenvalue weighted by atomic mass is 10.1. The van der Waals surface area contributed by atoms with Gasteiger partial charge in [-0.25, -0.2) is 4.79 Å². The SMILES string of the molecule is NC(=O)OCCc1ccc2c(c1)CCO2. The van der Waals surface area contributed by atoms with Gasteiger partial charge in [-0.05, 0) is 17.2 Å². The first-order valence-corrected chi connectivity index (χ1v) is 4.92. The molecule has 0 spiro atoms. The van der Waals surface area contributed by atoms with Crippen LogP contribution in [0.3, 0.4) is 0 Å². The number of fused-ring (bicyclic) bond motifs is 1. The Morgan fingerprint density at radius 2 is 2.40 bits per heavy atom. The molecule has 1 aliphatic rings. The molecule has 1 heterocycles. The van der Waals surface area contributed by atoms with E-state index in [1.54, 1.807) is 0 Å². The molecular formula is C11H13NO3. The van der Waals surface area contributed by atoms with E-state index in [9.17, 15) is 4.79 Å². The van der Waals surface area contributed by atoms with Crippen molar-refractivity contribution in [2.24, 2.45) is 5.73 Å². The molecule has 1 amide bonds. The van der Waals surface area contributed by atoms with Crippen LogP contribution in [0.5, 0.6) is 5.75 Å². The zero-order valence-electron chi connectivity index (χ0n) is 8.36. The van der Waals surface area contributed by atoms with Gasteiger partial charge in [0, 0.05) is 12.8 Å². The van der Waals surface area contributed by atoms with Crippen molar-refractivity contribution in [1.82, 2.24) is 0 Å². The van der Waals surface area contributed by atoms with E-state index in [2.05, 4.69) is 10.8 Å². The van der Waals surface area contributed by atoms with Crippen LogP contribution >= 0.6 is 0 Å². The first kappa shape index (κ1) is 9.83. The van der Waals surface area contributed by atoms with E-state index in [4.69, 9.17) is 10.5 Å². The minimum absolute atomic E-state index is 0.328. The Bertz CT molecular complexity index is 376. The number of amides is 1. The average Bonchev–Trinajstić information content (AvgIpc) is 2.64. The second-order valence-corrected chi connectivity index (χ2v) is 3.46. The van der Waals surface area contributed by atoms with Crippen LogP contribution in [-0.2, 0) is 17.6 Å². The van der Waals surface area contributed by atoms with Crippen molar-refractivity contribution in [3.8, 4) is 5.75 Å². The third-order valence-corrected chi connectivity index (χ3v) is 2.39. The van der Waals surface area contributed by atoms with E-state index < -0.39 is 6.09 Å². The monoisotopic (exact) mass is 207 g/mol. The third-order valence-electron chi connectivity index (χ3n) is 2.39. The second-order valence-electron chi connectivity index (χ2n) is 3.46. The number of hydrogen-bond acceptors (Lipinski definition) is 3. The molecule has 15 heavy (non-hydrogen) atoms. The number of nitrogens with two attached hydrogens (primary N) is 1. The number of benzene rings is 1. The molecule has 0 radical (unpaired) electrons. The molecule has 0 aliphatic carbocycles. The van der Waals surface area contributed by atoms with E-state index in [-0.39, 0.29) is 0 Å². The number of carbonyl (C=O) groups excluding carboxylic acids is 1. The fourth-order valence-electron chi connectivity index (χ4n) is 1.66. The zero-order valence-corrected chi connectivity index (χ0v) is 8.36. The van der Waals surface area contributed by atoms with Crippen molar-refractivity contribution in [3.63, 3.8) is 0 Å². The largest absolute Gasteiger partial charge is 0.493 e. The Kier molecular flexibility index (Phi) is 2.76. The molecular weight excluding hydrogens is 194 g/mol. The van der Waals surface area contributed by atoms with Crippen LogP contribution in [0.25, 0.3) is 0 Å². The number of primary amides is 1. The number of carbonyl (C=O) groups is 1. The fourth-order valence-corrected chi connectivity index (χ4v) is 1.66. The summed E-state index contributed by atoms with van der Waals surface area (Å²) in [6.07, 6.45) is 0.926. The number of hydrogen-bond donors (Lipinski definition) is 1. The van der Waals surface area contributed by atoms with Gasteiger partial charge in [0.15, 0.2) is 0 Å². The lowest BCUT2D eigenvalue weighted by Crippen LogP contribution is -2.14. The molecule has 80 valence electrons. The zero-order chi connectivity index (χ0) is 10.7. The summed E-state index contributed by atoms with van der Waals surface area (Å²) in [6, 6.07) is 6.03. The molecule has 0 saturated heterocycles. The van der Waals surface area contributed by atoms with Gasteiger partial charge in [-0.1, -0.05) is 12.1 Å². The first-order valence-electron chi connectivity index (χ1n) is 4.92. The van der Waals surface area contributed by atoms with E-state index >= 15 is 0 Å². The highest BCUT2D eigenvalue weighted by atomic mass is 16.5. The maximum Gasteiger partial charge on any atom is 0.404 e. The van der Waals surface area contributed by atoms with Crippen molar-refractivity contribution in [1.29, 1.82) is 0 Å². The predicted molar refractivity (Wildman–Crippen MR) is 54.9 cm³/mol. The quantitative estimate of drug-likeness (QED) is 0.811. The Hall–Kier alpha value is -1.71. The van der Waals surface area contributed by atoms with Gasteiger partial charge in [0.25, 0.3) is 0 Å². The van der Waals surface area contributed by atoms with Gasteiger partial charge < -0.3 is 15.2 Å². The van der Waals surface area contributed by atoms with Gasteiger partial charge in [0.05, 0.1) is 13.2 Å². The third kappa shape index (κ3) is 2.40. The van der Waals surface area contributed by atoms with Gasteiger partial charge in [0.1, 0.15) is 5.75 Å². The Labute approximate surface area is 88.0 Å². The highest BCUT2D eigenvalue weighted by molar-refractivity contribution is 5.64. The van der Waals surface area contributed by atoms with Gasteiger partial charge >= 0.3 is 6.09 Å². The Morgan fingerprint density at radius 1 is 1.53 bits per heavy atom. The summed E-state index contributed by atoms with van der Waals surface area (Å²) < 4.78 is 10.1. The topological polar surface area (TPSA) is 61.6 Å². The van der Waals surface area contributed by atoms with Crippen molar-refractivity contribution in [3.05, 3.63) is 29.3 Å². The lowest BCUT2D eigenvalue weighted by molar-refractivity contribution is 0.158. The van der Waals surface area contributed by atoms with E-state index in [0.717, 1.165) is 24.3 Å². The van der Waals surface area contributed by atoms with E-state index in [0.29, 0.717) is 13.0 Å². The van der Waals surface area contributed by atoms with Crippen molar-refractivity contribution in [2.75, 3.05) is 13.2 Å². The molecule has 2 rings (SSSR count). The van der Waals surface area contributed by atoms with Crippen molar-refractivity contribution >= 4 is 6.09 Å². The number of rotatable bonds is 3. The van der Waals surface area contributed by atoms with Gasteiger partial charge in [-0.15, -0.1) is 0 Å². The summed E-state index contributed by atoms with van der Waals surface area (Å²) in [5.74, 6) is 0.967. The lowest BCUT2D eigenvalue weighted by Gasteiger charge is -2.04. The summed E-state index contributed by atoms with van der Waals surface area (Å²) in [4.78, 5) is 10.4. The minimum Gasteiger partial charge on any atom is -0.493 e. The summed E-state index contributed by atoms with van der Waals surface area (Å²) in [5, 5.41) is 0. The molecule has 0 aromatic heterocycles. The van der Waals surface area contributed by atoms with Crippen molar-refractivity contribution in [2.45, 2.75) is 12.8 Å². The molecule has 0 saturated carbocycles. The molecule has 0 fully saturated rings. The first-order chi connectivity index (χ1) is 7.25. The molecule has 0 atom stereocenters. The number of ether oxygens (including phenoxy) is 2. The second kappa shape index (κ2) is 4.21. The standard InChI is InChI=1S/C11H13NO3/c12-11(13)15-5-3-8-1-2-10-9(7-8)4-6-14-10/h1-2,7H,3-6H2,(H2,12,13). The maximum absolute atomic E-state index is 10.4. The van der Waals surface area contributed by atoms with Crippen LogP contribution in [0.15, 0.2) is 18.2 Å². The van der Waals surface area contributed by atoms with Crippen molar-refractivity contribution < 1.29 is 14.3 Å². The summed E-state index contributed by atoms with van der Waals surface area (Å²) in [5.41, 5.74) is 7.23. The molecule has 1 aromatic rings. The normalized spacial score (nSPS) is 13.1. The Balaban J connectivity index is 1.95. The highest BCUT2D eigenvalue weighted by Gasteiger charge is 2.11. The summed E-state index contributed by atoms with van der Waals surface area (Å²) in [6.45, 7) is 1.09. The molecule has 2 N–H and O–H groups in total. The van der Waals surface area contributed by atoms with Crippen LogP contribution in [-0.4, -0.2) is 19.3 Å². The molecule has 0 bridgehead atoms. The average molecular weight is 207 g/mol. The smallest absolute Gasteiger partial charge is 0.404 e. The van der Waals surface area contributed by atoms with Gasteiger partial charge in [0.2, 0.25) is 0 Å². The van der Waals surface area contributed by atoms with Crippen LogP contribution in [0.1, 0.15) is 11.1 Å². The molecule has 1 aromatic carbocycles. The summed E-state index contributed by atoms with van der Waals surface area (Å²) in [7, 11) is 0. The fraction of sp³-hybridized carbons (Fsp3) is 0.364.